The predicted molar refractivity (Wildman–Crippen MR) is 57.9 cm³/mol. The van der Waals surface area contributed by atoms with Gasteiger partial charge in [0.05, 0.1) is 9.21 Å². The molecule has 2 heterocycles. The van der Waals surface area contributed by atoms with E-state index in [9.17, 15) is 0 Å². The molecule has 0 unspecified atom stereocenters. The van der Waals surface area contributed by atoms with Crippen LogP contribution in [-0.4, -0.2) is 15.2 Å². The summed E-state index contributed by atoms with van der Waals surface area (Å²) in [6, 6.07) is 3.64. The SMILES string of the molecule is Cc1nnc(-c2ccc(Cl)s2)c(Cl)n1. The molecule has 0 amide bonds. The molecular formula is C8H5Cl2N3S. The molecule has 0 spiro atoms. The van der Waals surface area contributed by atoms with Crippen LogP contribution in [0.15, 0.2) is 12.1 Å². The number of thiophene rings is 1. The Morgan fingerprint density at radius 3 is 2.57 bits per heavy atom. The molecule has 2 aromatic heterocycles. The molecule has 0 saturated heterocycles. The van der Waals surface area contributed by atoms with E-state index in [1.165, 1.54) is 11.3 Å². The first-order chi connectivity index (χ1) is 6.66. The Bertz CT molecular complexity index is 469. The Labute approximate surface area is 94.7 Å². The van der Waals surface area contributed by atoms with Gasteiger partial charge in [0.2, 0.25) is 0 Å². The first kappa shape index (κ1) is 9.83. The van der Waals surface area contributed by atoms with E-state index in [1.54, 1.807) is 13.0 Å². The number of aromatic nitrogens is 3. The van der Waals surface area contributed by atoms with Crippen molar-refractivity contribution in [1.29, 1.82) is 0 Å². The number of hydrogen-bond acceptors (Lipinski definition) is 4. The van der Waals surface area contributed by atoms with Crippen molar-refractivity contribution in [2.75, 3.05) is 0 Å². The Kier molecular flexibility index (Phi) is 2.67. The molecule has 14 heavy (non-hydrogen) atoms. The second-order valence-corrected chi connectivity index (χ2v) is 4.68. The van der Waals surface area contributed by atoms with Crippen molar-refractivity contribution in [3.8, 4) is 10.6 Å². The quantitative estimate of drug-likeness (QED) is 0.775. The molecule has 0 aliphatic heterocycles. The van der Waals surface area contributed by atoms with Crippen LogP contribution in [0.3, 0.4) is 0 Å². The lowest BCUT2D eigenvalue weighted by Crippen LogP contribution is -1.94. The van der Waals surface area contributed by atoms with E-state index < -0.39 is 0 Å². The van der Waals surface area contributed by atoms with Crippen molar-refractivity contribution < 1.29 is 0 Å². The lowest BCUT2D eigenvalue weighted by atomic mass is 10.4. The molecule has 6 heteroatoms. The molecule has 2 aromatic rings. The van der Waals surface area contributed by atoms with Gasteiger partial charge in [-0.25, -0.2) is 4.98 Å². The van der Waals surface area contributed by atoms with Gasteiger partial charge in [-0.2, -0.15) is 0 Å². The molecule has 0 bridgehead atoms. The maximum atomic E-state index is 5.92. The highest BCUT2D eigenvalue weighted by atomic mass is 35.5. The second kappa shape index (κ2) is 3.81. The van der Waals surface area contributed by atoms with E-state index in [2.05, 4.69) is 15.2 Å². The van der Waals surface area contributed by atoms with Crippen molar-refractivity contribution in [2.24, 2.45) is 0 Å². The second-order valence-electron chi connectivity index (χ2n) is 2.60. The van der Waals surface area contributed by atoms with Gasteiger partial charge < -0.3 is 0 Å². The third-order valence-corrected chi connectivity index (χ3v) is 3.06. The van der Waals surface area contributed by atoms with Crippen LogP contribution in [-0.2, 0) is 0 Å². The molecule has 0 aliphatic rings. The van der Waals surface area contributed by atoms with E-state index >= 15 is 0 Å². The van der Waals surface area contributed by atoms with E-state index in [4.69, 9.17) is 23.2 Å². The summed E-state index contributed by atoms with van der Waals surface area (Å²) in [5, 5.41) is 8.17. The van der Waals surface area contributed by atoms with Gasteiger partial charge in [0.1, 0.15) is 11.5 Å². The Morgan fingerprint density at radius 1 is 1.21 bits per heavy atom. The summed E-state index contributed by atoms with van der Waals surface area (Å²) < 4.78 is 0.693. The fourth-order valence-corrected chi connectivity index (χ4v) is 2.32. The molecular weight excluding hydrogens is 241 g/mol. The zero-order chi connectivity index (χ0) is 10.1. The van der Waals surface area contributed by atoms with Crippen molar-refractivity contribution in [3.63, 3.8) is 0 Å². The normalized spacial score (nSPS) is 10.5. The minimum Gasteiger partial charge on any atom is -0.217 e. The van der Waals surface area contributed by atoms with Crippen LogP contribution in [0.5, 0.6) is 0 Å². The Balaban J connectivity index is 2.52. The molecule has 2 rings (SSSR count). The van der Waals surface area contributed by atoms with E-state index in [1.807, 2.05) is 6.07 Å². The lowest BCUT2D eigenvalue weighted by Gasteiger charge is -1.98. The van der Waals surface area contributed by atoms with Crippen molar-refractivity contribution in [3.05, 3.63) is 27.4 Å². The van der Waals surface area contributed by atoms with Gasteiger partial charge >= 0.3 is 0 Å². The number of rotatable bonds is 1. The largest absolute Gasteiger partial charge is 0.217 e. The topological polar surface area (TPSA) is 38.7 Å². The number of nitrogens with zero attached hydrogens (tertiary/aromatic N) is 3. The highest BCUT2D eigenvalue weighted by molar-refractivity contribution is 7.19. The predicted octanol–water partition coefficient (Wildman–Crippen LogP) is 3.22. The van der Waals surface area contributed by atoms with Gasteiger partial charge in [-0.15, -0.1) is 21.5 Å². The summed E-state index contributed by atoms with van der Waals surface area (Å²) in [7, 11) is 0. The first-order valence-electron chi connectivity index (χ1n) is 3.79. The first-order valence-corrected chi connectivity index (χ1v) is 5.36. The number of aryl methyl sites for hydroxylation is 1. The molecule has 0 saturated carbocycles. The average Bonchev–Trinajstić information content (AvgIpc) is 2.51. The zero-order valence-corrected chi connectivity index (χ0v) is 9.49. The Morgan fingerprint density at radius 2 is 2.00 bits per heavy atom. The summed E-state index contributed by atoms with van der Waals surface area (Å²) in [6.45, 7) is 1.74. The molecule has 0 fully saturated rings. The maximum Gasteiger partial charge on any atom is 0.160 e. The molecule has 3 nitrogen and oxygen atoms in total. The number of halogens is 2. The maximum absolute atomic E-state index is 5.92. The van der Waals surface area contributed by atoms with Gasteiger partial charge in [0.25, 0.3) is 0 Å². The van der Waals surface area contributed by atoms with Gasteiger partial charge in [0, 0.05) is 0 Å². The fourth-order valence-electron chi connectivity index (χ4n) is 0.973. The highest BCUT2D eigenvalue weighted by Gasteiger charge is 2.09. The minimum absolute atomic E-state index is 0.357. The van der Waals surface area contributed by atoms with Crippen LogP contribution < -0.4 is 0 Å². The van der Waals surface area contributed by atoms with Crippen LogP contribution in [0.25, 0.3) is 10.6 Å². The third-order valence-electron chi connectivity index (χ3n) is 1.56. The fraction of sp³-hybridized carbons (Fsp3) is 0.125. The van der Waals surface area contributed by atoms with Crippen LogP contribution in [0.4, 0.5) is 0 Å². The van der Waals surface area contributed by atoms with Crippen molar-refractivity contribution in [2.45, 2.75) is 6.92 Å². The average molecular weight is 246 g/mol. The summed E-state index contributed by atoms with van der Waals surface area (Å²) in [5.74, 6) is 0.557. The molecule has 0 atom stereocenters. The smallest absolute Gasteiger partial charge is 0.160 e. The minimum atomic E-state index is 0.357. The molecule has 0 aromatic carbocycles. The van der Waals surface area contributed by atoms with Crippen LogP contribution in [0.1, 0.15) is 5.82 Å². The summed E-state index contributed by atoms with van der Waals surface area (Å²) in [4.78, 5) is 4.89. The monoisotopic (exact) mass is 245 g/mol. The highest BCUT2D eigenvalue weighted by Crippen LogP contribution is 2.32. The Hall–Kier alpha value is -0.710. The molecule has 0 N–H and O–H groups in total. The van der Waals surface area contributed by atoms with E-state index in [-0.39, 0.29) is 0 Å². The zero-order valence-electron chi connectivity index (χ0n) is 7.16. The number of hydrogen-bond donors (Lipinski definition) is 0. The molecule has 0 radical (unpaired) electrons. The van der Waals surface area contributed by atoms with Gasteiger partial charge in [-0.3, -0.25) is 0 Å². The van der Waals surface area contributed by atoms with Gasteiger partial charge in [-0.1, -0.05) is 23.2 Å². The summed E-state index contributed by atoms with van der Waals surface area (Å²) in [5.41, 5.74) is 0.578. The lowest BCUT2D eigenvalue weighted by molar-refractivity contribution is 0.916. The third kappa shape index (κ3) is 1.87. The van der Waals surface area contributed by atoms with E-state index in [0.717, 1.165) is 4.88 Å². The standard InChI is InChI=1S/C8H5Cl2N3S/c1-4-11-8(10)7(13-12-4)5-2-3-6(9)14-5/h2-3H,1H3. The van der Waals surface area contributed by atoms with Crippen LogP contribution in [0.2, 0.25) is 9.49 Å². The van der Waals surface area contributed by atoms with Crippen molar-refractivity contribution >= 4 is 34.5 Å². The van der Waals surface area contributed by atoms with Crippen LogP contribution >= 0.6 is 34.5 Å². The summed E-state index contributed by atoms with van der Waals surface area (Å²) in [6.07, 6.45) is 0. The van der Waals surface area contributed by atoms with Crippen LogP contribution in [0, 0.1) is 6.92 Å². The van der Waals surface area contributed by atoms with Gasteiger partial charge in [-0.05, 0) is 19.1 Å². The molecule has 0 aliphatic carbocycles. The summed E-state index contributed by atoms with van der Waals surface area (Å²) >= 11 is 13.1. The van der Waals surface area contributed by atoms with Gasteiger partial charge in [0.15, 0.2) is 5.15 Å². The van der Waals surface area contributed by atoms with Crippen molar-refractivity contribution in [1.82, 2.24) is 15.2 Å². The van der Waals surface area contributed by atoms with E-state index in [0.29, 0.717) is 21.0 Å². The molecule has 72 valence electrons.